The van der Waals surface area contributed by atoms with Gasteiger partial charge in [-0.25, -0.2) is 9.59 Å². The van der Waals surface area contributed by atoms with Gasteiger partial charge in [-0.3, -0.25) is 0 Å². The average molecular weight is 388 g/mol. The average Bonchev–Trinajstić information content (AvgIpc) is 2.87. The van der Waals surface area contributed by atoms with Crippen LogP contribution in [-0.2, 0) is 24.5 Å². The minimum absolute atomic E-state index is 0.0668. The van der Waals surface area contributed by atoms with Crippen molar-refractivity contribution < 1.29 is 24.2 Å². The van der Waals surface area contributed by atoms with E-state index in [0.29, 0.717) is 25.0 Å². The van der Waals surface area contributed by atoms with Crippen molar-refractivity contribution in [2.45, 2.75) is 30.7 Å². The molecule has 2 aliphatic rings. The van der Waals surface area contributed by atoms with Crippen LogP contribution in [0, 0.1) is 0 Å². The van der Waals surface area contributed by atoms with E-state index in [2.05, 4.69) is 11.0 Å². The molecule has 7 heteroatoms. The largest absolute Gasteiger partial charge is 0.466 e. The molecule has 7 nitrogen and oxygen atoms in total. The Morgan fingerprint density at radius 1 is 1.18 bits per heavy atom. The second-order valence-corrected chi connectivity index (χ2v) is 7.43. The molecule has 1 N–H and O–H groups in total. The van der Waals surface area contributed by atoms with Crippen LogP contribution in [0.2, 0.25) is 0 Å². The third kappa shape index (κ3) is 2.94. The summed E-state index contributed by atoms with van der Waals surface area (Å²) in [5.74, 6) is -1.09. The topological polar surface area (TPSA) is 79.3 Å². The van der Waals surface area contributed by atoms with Gasteiger partial charge in [0.1, 0.15) is 5.70 Å². The lowest BCUT2D eigenvalue weighted by Gasteiger charge is -2.38. The molecule has 0 bridgehead atoms. The standard InChI is InChI=1S/C21H28N2O5/c1-22-12-11-21(10-7-13-24)14-8-5-6-9-15(14)23(2)18(21)16(19(25)27-3)17(22)20(26)28-4/h5-6,8-9,18,24H,7,10-13H2,1-4H3/t18-,21-/m0/s1. The van der Waals surface area contributed by atoms with Gasteiger partial charge in [0, 0.05) is 38.3 Å². The number of hydrogen-bond acceptors (Lipinski definition) is 7. The maximum atomic E-state index is 13.0. The molecular formula is C21H28N2O5. The SMILES string of the molecule is COC(=O)C1=C(C(=O)OC)N(C)CC[C@@]2(CCCO)c3ccccc3N(C)[C@@H]12. The summed E-state index contributed by atoms with van der Waals surface area (Å²) < 4.78 is 10.1. The fraction of sp³-hybridized carbons (Fsp3) is 0.524. The summed E-state index contributed by atoms with van der Waals surface area (Å²) >= 11 is 0. The lowest BCUT2D eigenvalue weighted by molar-refractivity contribution is -0.140. The quantitative estimate of drug-likeness (QED) is 0.765. The minimum Gasteiger partial charge on any atom is -0.466 e. The molecule has 0 aliphatic carbocycles. The summed E-state index contributed by atoms with van der Waals surface area (Å²) in [4.78, 5) is 29.5. The Bertz CT molecular complexity index is 806. The van der Waals surface area contributed by atoms with Gasteiger partial charge in [0.25, 0.3) is 0 Å². The van der Waals surface area contributed by atoms with Crippen molar-refractivity contribution in [3.05, 3.63) is 41.1 Å². The fourth-order valence-electron chi connectivity index (χ4n) is 4.89. The van der Waals surface area contributed by atoms with Crippen molar-refractivity contribution in [3.63, 3.8) is 0 Å². The number of para-hydroxylation sites is 1. The number of likely N-dealkylation sites (N-methyl/N-ethyl adjacent to an activating group) is 2. The number of rotatable bonds is 5. The van der Waals surface area contributed by atoms with E-state index in [-0.39, 0.29) is 18.3 Å². The first kappa shape index (κ1) is 20.2. The summed E-state index contributed by atoms with van der Waals surface area (Å²) in [6.45, 7) is 0.645. The van der Waals surface area contributed by atoms with E-state index in [1.54, 1.807) is 11.9 Å². The van der Waals surface area contributed by atoms with Crippen LogP contribution < -0.4 is 4.90 Å². The van der Waals surface area contributed by atoms with Gasteiger partial charge < -0.3 is 24.4 Å². The molecule has 1 aromatic rings. The number of nitrogens with zero attached hydrogens (tertiary/aromatic N) is 2. The summed E-state index contributed by atoms with van der Waals surface area (Å²) in [5.41, 5.74) is 2.30. The van der Waals surface area contributed by atoms with E-state index in [1.807, 2.05) is 25.2 Å². The Morgan fingerprint density at radius 2 is 1.86 bits per heavy atom. The highest BCUT2D eigenvalue weighted by molar-refractivity contribution is 6.02. The molecule has 0 unspecified atom stereocenters. The van der Waals surface area contributed by atoms with Gasteiger partial charge in [-0.1, -0.05) is 18.2 Å². The molecule has 152 valence electrons. The second kappa shape index (κ2) is 7.83. The first-order valence-corrected chi connectivity index (χ1v) is 9.48. The van der Waals surface area contributed by atoms with Gasteiger partial charge in [-0.15, -0.1) is 0 Å². The highest BCUT2D eigenvalue weighted by Crippen LogP contribution is 2.53. The lowest BCUT2D eigenvalue weighted by atomic mass is 9.68. The minimum atomic E-state index is -0.551. The molecule has 0 radical (unpaired) electrons. The summed E-state index contributed by atoms with van der Waals surface area (Å²) in [5, 5.41) is 9.55. The van der Waals surface area contributed by atoms with Crippen molar-refractivity contribution in [1.29, 1.82) is 0 Å². The predicted molar refractivity (Wildman–Crippen MR) is 105 cm³/mol. The number of esters is 2. The van der Waals surface area contributed by atoms with E-state index in [0.717, 1.165) is 17.7 Å². The number of methoxy groups -OCH3 is 2. The van der Waals surface area contributed by atoms with Crippen LogP contribution in [0.25, 0.3) is 0 Å². The maximum Gasteiger partial charge on any atom is 0.354 e. The zero-order valence-electron chi connectivity index (χ0n) is 16.9. The molecule has 0 amide bonds. The lowest BCUT2D eigenvalue weighted by Crippen LogP contribution is -2.47. The van der Waals surface area contributed by atoms with Crippen LogP contribution >= 0.6 is 0 Å². The molecule has 0 saturated heterocycles. The van der Waals surface area contributed by atoms with Gasteiger partial charge in [0.2, 0.25) is 0 Å². The number of fused-ring (bicyclic) bond motifs is 3. The van der Waals surface area contributed by atoms with Crippen molar-refractivity contribution in [3.8, 4) is 0 Å². The van der Waals surface area contributed by atoms with Crippen LogP contribution in [0.15, 0.2) is 35.5 Å². The van der Waals surface area contributed by atoms with Gasteiger partial charge in [0.15, 0.2) is 0 Å². The van der Waals surface area contributed by atoms with Crippen LogP contribution in [0.4, 0.5) is 5.69 Å². The molecule has 0 spiro atoms. The fourth-order valence-corrected chi connectivity index (χ4v) is 4.89. The molecule has 0 fully saturated rings. The Kier molecular flexibility index (Phi) is 5.65. The zero-order valence-corrected chi connectivity index (χ0v) is 16.9. The first-order chi connectivity index (χ1) is 13.4. The molecule has 0 saturated carbocycles. The summed E-state index contributed by atoms with van der Waals surface area (Å²) in [6.07, 6.45) is 2.03. The van der Waals surface area contributed by atoms with Crippen molar-refractivity contribution in [1.82, 2.24) is 4.90 Å². The monoisotopic (exact) mass is 388 g/mol. The predicted octanol–water partition coefficient (Wildman–Crippen LogP) is 1.45. The maximum absolute atomic E-state index is 13.0. The third-order valence-corrected chi connectivity index (χ3v) is 6.10. The Labute approximate surface area is 165 Å². The van der Waals surface area contributed by atoms with E-state index >= 15 is 0 Å². The number of benzene rings is 1. The Hall–Kier alpha value is -2.54. The van der Waals surface area contributed by atoms with E-state index in [1.165, 1.54) is 14.2 Å². The van der Waals surface area contributed by atoms with Gasteiger partial charge in [-0.2, -0.15) is 0 Å². The molecule has 2 heterocycles. The summed E-state index contributed by atoms with van der Waals surface area (Å²) in [7, 11) is 6.37. The van der Waals surface area contributed by atoms with E-state index < -0.39 is 17.4 Å². The molecule has 0 aromatic heterocycles. The molecular weight excluding hydrogens is 360 g/mol. The number of aliphatic hydroxyl groups excluding tert-OH is 1. The summed E-state index contributed by atoms with van der Waals surface area (Å²) in [6, 6.07) is 7.69. The smallest absolute Gasteiger partial charge is 0.354 e. The number of carbonyl (C=O) groups excluding carboxylic acids is 2. The first-order valence-electron chi connectivity index (χ1n) is 9.48. The van der Waals surface area contributed by atoms with Crippen molar-refractivity contribution in [2.75, 3.05) is 46.4 Å². The van der Waals surface area contributed by atoms with Crippen molar-refractivity contribution >= 4 is 17.6 Å². The molecule has 2 atom stereocenters. The number of ether oxygens (including phenoxy) is 2. The molecule has 28 heavy (non-hydrogen) atoms. The zero-order chi connectivity index (χ0) is 20.5. The third-order valence-electron chi connectivity index (χ3n) is 6.10. The van der Waals surface area contributed by atoms with E-state index in [4.69, 9.17) is 9.47 Å². The van der Waals surface area contributed by atoms with Crippen molar-refractivity contribution in [2.24, 2.45) is 0 Å². The number of hydrogen-bond donors (Lipinski definition) is 1. The molecule has 1 aromatic carbocycles. The van der Waals surface area contributed by atoms with Crippen LogP contribution in [-0.4, -0.2) is 69.5 Å². The Morgan fingerprint density at radius 3 is 2.50 bits per heavy atom. The van der Waals surface area contributed by atoms with E-state index in [9.17, 15) is 14.7 Å². The Balaban J connectivity index is 2.31. The van der Waals surface area contributed by atoms with Gasteiger partial charge in [-0.05, 0) is 30.9 Å². The van der Waals surface area contributed by atoms with Crippen LogP contribution in [0.1, 0.15) is 24.8 Å². The van der Waals surface area contributed by atoms with Gasteiger partial charge in [0.05, 0.1) is 25.8 Å². The highest BCUT2D eigenvalue weighted by atomic mass is 16.5. The number of aliphatic hydroxyl groups is 1. The highest BCUT2D eigenvalue weighted by Gasteiger charge is 2.55. The molecule has 2 aliphatic heterocycles. The number of carbonyl (C=O) groups is 2. The van der Waals surface area contributed by atoms with Gasteiger partial charge >= 0.3 is 11.9 Å². The second-order valence-electron chi connectivity index (χ2n) is 7.43. The van der Waals surface area contributed by atoms with Crippen LogP contribution in [0.3, 0.4) is 0 Å². The van der Waals surface area contributed by atoms with Crippen LogP contribution in [0.5, 0.6) is 0 Å². The molecule has 3 rings (SSSR count). The normalized spacial score (nSPS) is 23.8. The number of anilines is 1.